The van der Waals surface area contributed by atoms with Crippen LogP contribution in [-0.4, -0.2) is 39.9 Å². The molecule has 0 spiro atoms. The zero-order valence-corrected chi connectivity index (χ0v) is 14.3. The number of nitrogens with one attached hydrogen (secondary N) is 2. The number of hydrogen-bond donors (Lipinski definition) is 2. The van der Waals surface area contributed by atoms with Crippen LogP contribution in [0.4, 0.5) is 17.1 Å². The Labute approximate surface area is 155 Å². The number of rotatable bonds is 3. The fourth-order valence-electron chi connectivity index (χ4n) is 3.27. The number of benzene rings is 1. The van der Waals surface area contributed by atoms with Crippen molar-refractivity contribution in [2.75, 3.05) is 24.2 Å². The van der Waals surface area contributed by atoms with Crippen LogP contribution in [0.15, 0.2) is 36.7 Å². The van der Waals surface area contributed by atoms with Crippen LogP contribution in [0.2, 0.25) is 0 Å². The summed E-state index contributed by atoms with van der Waals surface area (Å²) in [6, 6.07) is 7.36. The Morgan fingerprint density at radius 2 is 2.15 bits per heavy atom. The lowest BCUT2D eigenvalue weighted by molar-refractivity contribution is 0.0958. The minimum atomic E-state index is -2.62. The Kier molecular flexibility index (Phi) is 3.04. The molecule has 0 bridgehead atoms. The van der Waals surface area contributed by atoms with E-state index in [1.165, 1.54) is 6.20 Å². The highest BCUT2D eigenvalue weighted by atomic mass is 16.1. The lowest BCUT2D eigenvalue weighted by Crippen LogP contribution is -2.23. The Hall–Kier alpha value is -3.42. The molecule has 3 heterocycles. The highest BCUT2D eigenvalue weighted by molar-refractivity contribution is 5.99. The van der Waals surface area contributed by atoms with E-state index in [2.05, 4.69) is 25.5 Å². The zero-order valence-electron chi connectivity index (χ0n) is 17.3. The number of anilines is 3. The molecular formula is C18H19N7O. The summed E-state index contributed by atoms with van der Waals surface area (Å²) >= 11 is 0. The van der Waals surface area contributed by atoms with E-state index in [9.17, 15) is 4.79 Å². The van der Waals surface area contributed by atoms with Gasteiger partial charge in [0, 0.05) is 49.1 Å². The van der Waals surface area contributed by atoms with Gasteiger partial charge in [-0.1, -0.05) is 12.1 Å². The molecule has 1 amide bonds. The van der Waals surface area contributed by atoms with Gasteiger partial charge < -0.3 is 15.5 Å². The van der Waals surface area contributed by atoms with Gasteiger partial charge in [-0.2, -0.15) is 10.2 Å². The lowest BCUT2D eigenvalue weighted by atomic mass is 9.99. The van der Waals surface area contributed by atoms with Crippen LogP contribution in [0.5, 0.6) is 0 Å². The van der Waals surface area contributed by atoms with Gasteiger partial charge in [-0.3, -0.25) is 9.48 Å². The van der Waals surface area contributed by atoms with Gasteiger partial charge in [0.1, 0.15) is 0 Å². The number of carbonyl (C=O) groups is 1. The average molecular weight is 352 g/mol. The average Bonchev–Trinajstić information content (AvgIpc) is 3.01. The Balaban J connectivity index is 1.74. The maximum absolute atomic E-state index is 12.4. The fourth-order valence-corrected chi connectivity index (χ4v) is 3.27. The molecule has 8 nitrogen and oxygen atoms in total. The molecule has 0 saturated heterocycles. The van der Waals surface area contributed by atoms with Crippen LogP contribution in [0.1, 0.15) is 20.2 Å². The van der Waals surface area contributed by atoms with Crippen molar-refractivity contribution in [3.8, 4) is 11.3 Å². The molecule has 0 radical (unpaired) electrons. The van der Waals surface area contributed by atoms with Crippen molar-refractivity contribution in [3.05, 3.63) is 47.9 Å². The topological polar surface area (TPSA) is 88.0 Å². The Bertz CT molecular complexity index is 1090. The van der Waals surface area contributed by atoms with Crippen LogP contribution in [0.3, 0.4) is 0 Å². The summed E-state index contributed by atoms with van der Waals surface area (Å²) in [6.45, 7) is -1.93. The molecule has 1 aliphatic heterocycles. The van der Waals surface area contributed by atoms with E-state index in [0.717, 1.165) is 28.2 Å². The second-order valence-electron chi connectivity index (χ2n) is 6.11. The van der Waals surface area contributed by atoms with Gasteiger partial charge in [0.25, 0.3) is 5.91 Å². The number of aromatic nitrogens is 4. The van der Waals surface area contributed by atoms with Crippen molar-refractivity contribution in [2.24, 2.45) is 7.05 Å². The highest BCUT2D eigenvalue weighted by Crippen LogP contribution is 2.43. The quantitative estimate of drug-likeness (QED) is 0.749. The van der Waals surface area contributed by atoms with Crippen LogP contribution in [-0.2, 0) is 13.6 Å². The molecule has 0 aliphatic carbocycles. The molecule has 132 valence electrons. The molecule has 0 atom stereocenters. The molecule has 0 saturated carbocycles. The van der Waals surface area contributed by atoms with Gasteiger partial charge in [0.15, 0.2) is 5.69 Å². The van der Waals surface area contributed by atoms with Crippen LogP contribution in [0, 0.1) is 0 Å². The Morgan fingerprint density at radius 1 is 1.27 bits per heavy atom. The summed E-state index contributed by atoms with van der Waals surface area (Å²) in [6.07, 6.45) is 3.43. The molecule has 0 unspecified atom stereocenters. The molecule has 2 aromatic heterocycles. The first-order valence-electron chi connectivity index (χ1n) is 9.51. The number of hydrogen-bond acceptors (Lipinski definition) is 6. The van der Waals surface area contributed by atoms with Crippen molar-refractivity contribution in [2.45, 2.75) is 6.54 Å². The summed E-state index contributed by atoms with van der Waals surface area (Å²) in [5.41, 5.74) is 4.94. The molecule has 2 N–H and O–H groups in total. The van der Waals surface area contributed by atoms with Gasteiger partial charge >= 0.3 is 0 Å². The molecule has 1 aromatic carbocycles. The van der Waals surface area contributed by atoms with Crippen molar-refractivity contribution < 1.29 is 8.91 Å². The van der Waals surface area contributed by atoms with Gasteiger partial charge in [-0.25, -0.2) is 0 Å². The van der Waals surface area contributed by atoms with Crippen LogP contribution >= 0.6 is 0 Å². The first kappa shape index (κ1) is 12.9. The normalized spacial score (nSPS) is 14.5. The predicted molar refractivity (Wildman–Crippen MR) is 99.5 cm³/mol. The van der Waals surface area contributed by atoms with E-state index in [1.807, 2.05) is 43.8 Å². The third kappa shape index (κ3) is 2.55. The van der Waals surface area contributed by atoms with E-state index in [4.69, 9.17) is 4.11 Å². The third-order valence-electron chi connectivity index (χ3n) is 4.30. The second kappa shape index (κ2) is 6.14. The number of para-hydroxylation sites is 1. The van der Waals surface area contributed by atoms with E-state index in [0.29, 0.717) is 12.2 Å². The first-order valence-corrected chi connectivity index (χ1v) is 8.01. The second-order valence-corrected chi connectivity index (χ2v) is 6.11. The van der Waals surface area contributed by atoms with E-state index < -0.39 is 12.9 Å². The van der Waals surface area contributed by atoms with Gasteiger partial charge in [-0.15, -0.1) is 5.10 Å². The minimum absolute atomic E-state index is 0.0989. The number of nitrogens with zero attached hydrogens (tertiary/aromatic N) is 5. The predicted octanol–water partition coefficient (Wildman–Crippen LogP) is 1.93. The number of carbonyl (C=O) groups excluding carboxylic acids is 1. The monoisotopic (exact) mass is 352 g/mol. The summed E-state index contributed by atoms with van der Waals surface area (Å²) in [5.74, 6) is -0.828. The molecule has 1 aliphatic rings. The molecule has 4 rings (SSSR count). The third-order valence-corrected chi connectivity index (χ3v) is 4.30. The van der Waals surface area contributed by atoms with Gasteiger partial charge in [-0.05, 0) is 12.1 Å². The Morgan fingerprint density at radius 3 is 3.00 bits per heavy atom. The van der Waals surface area contributed by atoms with Crippen molar-refractivity contribution in [1.82, 2.24) is 25.3 Å². The maximum atomic E-state index is 12.4. The van der Waals surface area contributed by atoms with Crippen LogP contribution in [0.25, 0.3) is 11.3 Å². The molecular weight excluding hydrogens is 330 g/mol. The van der Waals surface area contributed by atoms with Gasteiger partial charge in [0.2, 0.25) is 0 Å². The molecule has 0 fully saturated rings. The maximum Gasteiger partial charge on any atom is 0.273 e. The lowest BCUT2D eigenvalue weighted by Gasteiger charge is -2.29. The van der Waals surface area contributed by atoms with E-state index >= 15 is 0 Å². The summed E-state index contributed by atoms with van der Waals surface area (Å²) in [7, 11) is 3.87. The molecule has 8 heteroatoms. The summed E-state index contributed by atoms with van der Waals surface area (Å²) in [4.78, 5) is 14.4. The standard InChI is InChI=1S/C18H19N7O/c1-19-18(26)16-13(7-8-20-22-16)21-14-6-4-5-12-15-11(10-25(3)23-15)9-24(2)17(12)14/h4-8,10H,9H2,1-3H3,(H,19,26)(H,20,21)/i1D3. The van der Waals surface area contributed by atoms with Crippen LogP contribution < -0.4 is 15.5 Å². The largest absolute Gasteiger partial charge is 0.368 e. The minimum Gasteiger partial charge on any atom is -0.368 e. The van der Waals surface area contributed by atoms with Gasteiger partial charge in [0.05, 0.1) is 29.0 Å². The number of aryl methyl sites for hydroxylation is 1. The fraction of sp³-hybridized carbons (Fsp3) is 0.222. The molecule has 26 heavy (non-hydrogen) atoms. The van der Waals surface area contributed by atoms with Crippen molar-refractivity contribution in [3.63, 3.8) is 0 Å². The molecule has 3 aromatic rings. The zero-order chi connectivity index (χ0) is 20.8. The number of fused-ring (bicyclic) bond motifs is 3. The number of amides is 1. The first-order chi connectivity index (χ1) is 13.7. The SMILES string of the molecule is [2H]C([2H])([2H])NC(=O)c1nnccc1Nc1cccc2c1N(C)Cc1cn(C)nc1-2. The van der Waals surface area contributed by atoms with E-state index in [1.54, 1.807) is 10.7 Å². The summed E-state index contributed by atoms with van der Waals surface area (Å²) < 4.78 is 23.5. The smallest absolute Gasteiger partial charge is 0.273 e. The van der Waals surface area contributed by atoms with Crippen molar-refractivity contribution in [1.29, 1.82) is 0 Å². The highest BCUT2D eigenvalue weighted by Gasteiger charge is 2.25. The van der Waals surface area contributed by atoms with E-state index in [-0.39, 0.29) is 5.69 Å². The van der Waals surface area contributed by atoms with Crippen molar-refractivity contribution >= 4 is 23.0 Å². The summed E-state index contributed by atoms with van der Waals surface area (Å²) in [5, 5.41) is 17.3.